The third-order valence-corrected chi connectivity index (χ3v) is 3.63. The lowest BCUT2D eigenvalue weighted by molar-refractivity contribution is 0.636. The molecule has 18 heavy (non-hydrogen) atoms. The minimum Gasteiger partial charge on any atom is -0.383 e. The highest BCUT2D eigenvalue weighted by Crippen LogP contribution is 2.20. The van der Waals surface area contributed by atoms with Crippen LogP contribution >= 0.6 is 22.6 Å². The summed E-state index contributed by atoms with van der Waals surface area (Å²) in [5.41, 5.74) is 12.7. The second kappa shape index (κ2) is 5.27. The summed E-state index contributed by atoms with van der Waals surface area (Å²) < 4.78 is 2.62. The van der Waals surface area contributed by atoms with E-state index in [0.717, 1.165) is 28.0 Å². The Labute approximate surface area is 119 Å². The van der Waals surface area contributed by atoms with Gasteiger partial charge in [0.25, 0.3) is 0 Å². The molecule has 2 aromatic heterocycles. The molecule has 2 aromatic rings. The molecule has 0 aromatic carbocycles. The Balaban J connectivity index is 2.36. The molecule has 1 atom stereocenters. The van der Waals surface area contributed by atoms with E-state index in [1.165, 1.54) is 0 Å². The van der Waals surface area contributed by atoms with E-state index >= 15 is 0 Å². The van der Waals surface area contributed by atoms with E-state index in [-0.39, 0.29) is 6.04 Å². The lowest BCUT2D eigenvalue weighted by atomic mass is 10.2. The van der Waals surface area contributed by atoms with Gasteiger partial charge in [0.2, 0.25) is 0 Å². The van der Waals surface area contributed by atoms with Crippen LogP contribution in [0.15, 0.2) is 12.3 Å². The third kappa shape index (κ3) is 2.51. The van der Waals surface area contributed by atoms with Crippen LogP contribution < -0.4 is 16.4 Å². The second-order valence-electron chi connectivity index (χ2n) is 4.32. The number of halogens is 1. The van der Waals surface area contributed by atoms with Crippen molar-refractivity contribution in [1.82, 2.24) is 14.6 Å². The van der Waals surface area contributed by atoms with Gasteiger partial charge in [0, 0.05) is 25.7 Å². The van der Waals surface area contributed by atoms with Crippen molar-refractivity contribution in [2.75, 3.05) is 24.2 Å². The molecular formula is C11H17IN6. The second-order valence-corrected chi connectivity index (χ2v) is 5.48. The molecule has 0 radical (unpaired) electrons. The average molecular weight is 360 g/mol. The molecule has 0 saturated heterocycles. The molecule has 0 aliphatic rings. The van der Waals surface area contributed by atoms with Gasteiger partial charge in [0.1, 0.15) is 11.6 Å². The number of hydrogen-bond donors (Lipinski definition) is 2. The molecule has 0 unspecified atom stereocenters. The molecule has 6 nitrogen and oxygen atoms in total. The molecule has 0 spiro atoms. The van der Waals surface area contributed by atoms with Crippen LogP contribution in [0.5, 0.6) is 0 Å². The highest BCUT2D eigenvalue weighted by molar-refractivity contribution is 14.1. The highest BCUT2D eigenvalue weighted by atomic mass is 127. The SMILES string of the molecule is CC[C@H](N)CN(C)c1cc(N)n2ncc(I)c2n1. The minimum absolute atomic E-state index is 0.137. The van der Waals surface area contributed by atoms with Crippen molar-refractivity contribution in [3.8, 4) is 0 Å². The van der Waals surface area contributed by atoms with Crippen LogP contribution in [0, 0.1) is 3.57 Å². The van der Waals surface area contributed by atoms with E-state index in [9.17, 15) is 0 Å². The fraction of sp³-hybridized carbons (Fsp3) is 0.455. The zero-order valence-electron chi connectivity index (χ0n) is 10.5. The predicted molar refractivity (Wildman–Crippen MR) is 81.7 cm³/mol. The summed E-state index contributed by atoms with van der Waals surface area (Å²) in [5.74, 6) is 1.40. The number of rotatable bonds is 4. The first-order valence-corrected chi connectivity index (χ1v) is 6.87. The summed E-state index contributed by atoms with van der Waals surface area (Å²) in [6.45, 7) is 2.83. The number of nitrogens with zero attached hydrogens (tertiary/aromatic N) is 4. The van der Waals surface area contributed by atoms with Gasteiger partial charge in [-0.25, -0.2) is 4.98 Å². The maximum absolute atomic E-state index is 5.97. The molecule has 0 saturated carbocycles. The quantitative estimate of drug-likeness (QED) is 0.798. The molecule has 4 N–H and O–H groups in total. The Kier molecular flexibility index (Phi) is 3.91. The lowest BCUT2D eigenvalue weighted by Gasteiger charge is -2.22. The average Bonchev–Trinajstić information content (AvgIpc) is 2.71. The van der Waals surface area contributed by atoms with Gasteiger partial charge in [-0.2, -0.15) is 9.61 Å². The molecule has 0 fully saturated rings. The lowest BCUT2D eigenvalue weighted by Crippen LogP contribution is -2.35. The first kappa shape index (κ1) is 13.3. The Morgan fingerprint density at radius 2 is 2.28 bits per heavy atom. The summed E-state index contributed by atoms with van der Waals surface area (Å²) in [7, 11) is 1.97. The molecule has 0 aliphatic heterocycles. The third-order valence-electron chi connectivity index (χ3n) is 2.87. The van der Waals surface area contributed by atoms with Crippen molar-refractivity contribution in [2.24, 2.45) is 5.73 Å². The van der Waals surface area contributed by atoms with Crippen LogP contribution in [0.3, 0.4) is 0 Å². The van der Waals surface area contributed by atoms with Gasteiger partial charge < -0.3 is 16.4 Å². The maximum atomic E-state index is 5.97. The number of nitrogens with two attached hydrogens (primary N) is 2. The van der Waals surface area contributed by atoms with Crippen molar-refractivity contribution in [1.29, 1.82) is 0 Å². The summed E-state index contributed by atoms with van der Waals surface area (Å²) in [4.78, 5) is 6.59. The molecular weight excluding hydrogens is 343 g/mol. The van der Waals surface area contributed by atoms with Crippen molar-refractivity contribution in [3.05, 3.63) is 15.8 Å². The first-order chi connectivity index (χ1) is 8.52. The van der Waals surface area contributed by atoms with Crippen molar-refractivity contribution in [2.45, 2.75) is 19.4 Å². The van der Waals surface area contributed by atoms with Crippen LogP contribution in [0.25, 0.3) is 5.65 Å². The van der Waals surface area contributed by atoms with Gasteiger partial charge in [-0.05, 0) is 29.0 Å². The number of fused-ring (bicyclic) bond motifs is 1. The van der Waals surface area contributed by atoms with Gasteiger partial charge >= 0.3 is 0 Å². The zero-order valence-corrected chi connectivity index (χ0v) is 12.6. The van der Waals surface area contributed by atoms with Crippen LogP contribution in [0.2, 0.25) is 0 Å². The monoisotopic (exact) mass is 360 g/mol. The van der Waals surface area contributed by atoms with E-state index in [0.29, 0.717) is 5.82 Å². The normalized spacial score (nSPS) is 12.9. The summed E-state index contributed by atoms with van der Waals surface area (Å²) in [5, 5.41) is 4.17. The van der Waals surface area contributed by atoms with Gasteiger partial charge in [-0.15, -0.1) is 0 Å². The smallest absolute Gasteiger partial charge is 0.173 e. The summed E-state index contributed by atoms with van der Waals surface area (Å²) in [6, 6.07) is 1.96. The first-order valence-electron chi connectivity index (χ1n) is 5.79. The van der Waals surface area contributed by atoms with Crippen LogP contribution in [0.4, 0.5) is 11.6 Å². The van der Waals surface area contributed by atoms with Gasteiger partial charge in [-0.1, -0.05) is 6.92 Å². The van der Waals surface area contributed by atoms with E-state index in [2.05, 4.69) is 39.6 Å². The fourth-order valence-corrected chi connectivity index (χ4v) is 2.19. The number of nitrogen functional groups attached to an aromatic ring is 1. The largest absolute Gasteiger partial charge is 0.383 e. The van der Waals surface area contributed by atoms with Crippen LogP contribution in [-0.2, 0) is 0 Å². The Morgan fingerprint density at radius 3 is 2.94 bits per heavy atom. The molecule has 0 amide bonds. The number of aromatic nitrogens is 3. The summed E-state index contributed by atoms with van der Waals surface area (Å²) in [6.07, 6.45) is 2.69. The Bertz CT molecular complexity index is 552. The molecule has 98 valence electrons. The number of likely N-dealkylation sites (N-methyl/N-ethyl adjacent to an activating group) is 1. The van der Waals surface area contributed by atoms with Crippen molar-refractivity contribution in [3.63, 3.8) is 0 Å². The minimum atomic E-state index is 0.137. The van der Waals surface area contributed by atoms with E-state index < -0.39 is 0 Å². The van der Waals surface area contributed by atoms with Gasteiger partial charge in [0.15, 0.2) is 5.65 Å². The van der Waals surface area contributed by atoms with Crippen molar-refractivity contribution >= 4 is 39.9 Å². The molecule has 2 heterocycles. The summed E-state index contributed by atoms with van der Waals surface area (Å²) >= 11 is 2.20. The highest BCUT2D eigenvalue weighted by Gasteiger charge is 2.12. The van der Waals surface area contributed by atoms with E-state index in [1.807, 2.05) is 18.0 Å². The van der Waals surface area contributed by atoms with Gasteiger partial charge in [-0.3, -0.25) is 0 Å². The fourth-order valence-electron chi connectivity index (χ4n) is 1.72. The molecule has 0 bridgehead atoms. The standard InChI is InChI=1S/C11H17IN6/c1-3-7(13)6-17(2)10-4-9(14)18-11(16-10)8(12)5-15-18/h4-5,7H,3,6,13-14H2,1-2H3/t7-/m0/s1. The number of anilines is 2. The van der Waals surface area contributed by atoms with E-state index in [1.54, 1.807) is 10.7 Å². The van der Waals surface area contributed by atoms with Crippen LogP contribution in [0.1, 0.15) is 13.3 Å². The number of hydrogen-bond acceptors (Lipinski definition) is 5. The van der Waals surface area contributed by atoms with E-state index in [4.69, 9.17) is 11.5 Å². The van der Waals surface area contributed by atoms with Crippen LogP contribution in [-0.4, -0.2) is 34.2 Å². The molecule has 2 rings (SSSR count). The predicted octanol–water partition coefficient (Wildman–Crippen LogP) is 1.09. The Hall–Kier alpha value is -1.09. The Morgan fingerprint density at radius 1 is 1.56 bits per heavy atom. The topological polar surface area (TPSA) is 85.5 Å². The molecule has 7 heteroatoms. The van der Waals surface area contributed by atoms with Crippen molar-refractivity contribution < 1.29 is 0 Å². The van der Waals surface area contributed by atoms with Gasteiger partial charge in [0.05, 0.1) is 9.77 Å². The zero-order chi connectivity index (χ0) is 13.3. The maximum Gasteiger partial charge on any atom is 0.173 e. The molecule has 0 aliphatic carbocycles.